The van der Waals surface area contributed by atoms with Crippen molar-refractivity contribution in [2.45, 2.75) is 13.5 Å². The zero-order chi connectivity index (χ0) is 18.1. The molecule has 0 aliphatic heterocycles. The van der Waals surface area contributed by atoms with Crippen molar-refractivity contribution in [2.24, 2.45) is 0 Å². The molecule has 4 rings (SSSR count). The monoisotopic (exact) mass is 347 g/mol. The summed E-state index contributed by atoms with van der Waals surface area (Å²) in [6, 6.07) is 18.4. The molecule has 0 bridgehead atoms. The number of hydrogen-bond donors (Lipinski definition) is 2. The molecule has 0 aliphatic rings. The number of rotatable bonds is 4. The van der Waals surface area contributed by atoms with Crippen LogP contribution in [0.3, 0.4) is 0 Å². The van der Waals surface area contributed by atoms with Crippen LogP contribution >= 0.6 is 0 Å². The largest absolute Gasteiger partial charge is 0.459 e. The fourth-order valence-corrected chi connectivity index (χ4v) is 2.81. The molecule has 0 radical (unpaired) electrons. The molecular formula is C21H17NO4. The van der Waals surface area contributed by atoms with Crippen LogP contribution in [0.2, 0.25) is 0 Å². The number of para-hydroxylation sites is 1. The molecule has 0 unspecified atom stereocenters. The van der Waals surface area contributed by atoms with Crippen LogP contribution in [0, 0.1) is 6.92 Å². The maximum Gasteiger partial charge on any atom is 0.291 e. The van der Waals surface area contributed by atoms with E-state index in [-0.39, 0.29) is 18.3 Å². The standard InChI is InChI=1S/C21H17NO4/c1-13-6-7-15(19-9-8-16(12-23)25-19)10-17(13)22-21(24)20-11-14-4-2-3-5-18(14)26-20/h2-11,23H,12H2,1H3,(H,22,24). The Balaban J connectivity index is 1.62. The van der Waals surface area contributed by atoms with Crippen LogP contribution in [0.15, 0.2) is 69.5 Å². The summed E-state index contributed by atoms with van der Waals surface area (Å²) in [4.78, 5) is 12.6. The highest BCUT2D eigenvalue weighted by Crippen LogP contribution is 2.28. The summed E-state index contributed by atoms with van der Waals surface area (Å²) in [5, 5.41) is 12.9. The van der Waals surface area contributed by atoms with Crippen molar-refractivity contribution in [3.05, 3.63) is 77.7 Å². The first-order chi connectivity index (χ1) is 12.6. The molecule has 5 heteroatoms. The van der Waals surface area contributed by atoms with Gasteiger partial charge in [0.15, 0.2) is 5.76 Å². The van der Waals surface area contributed by atoms with Gasteiger partial charge in [-0.3, -0.25) is 4.79 Å². The van der Waals surface area contributed by atoms with Gasteiger partial charge in [0, 0.05) is 16.6 Å². The molecule has 0 fully saturated rings. The molecule has 1 amide bonds. The second kappa shape index (κ2) is 6.54. The average Bonchev–Trinajstić information content (AvgIpc) is 3.30. The number of fused-ring (bicyclic) bond motifs is 1. The van der Waals surface area contributed by atoms with Crippen LogP contribution in [0.1, 0.15) is 21.9 Å². The Bertz CT molecular complexity index is 1060. The number of furan rings is 2. The van der Waals surface area contributed by atoms with Crippen LogP contribution in [-0.4, -0.2) is 11.0 Å². The van der Waals surface area contributed by atoms with Crippen molar-refractivity contribution < 1.29 is 18.7 Å². The van der Waals surface area contributed by atoms with Crippen LogP contribution in [0.25, 0.3) is 22.3 Å². The number of nitrogens with one attached hydrogen (secondary N) is 1. The quantitative estimate of drug-likeness (QED) is 0.559. The van der Waals surface area contributed by atoms with Gasteiger partial charge >= 0.3 is 0 Å². The van der Waals surface area contributed by atoms with E-state index in [0.29, 0.717) is 22.8 Å². The summed E-state index contributed by atoms with van der Waals surface area (Å²) < 4.78 is 11.2. The Morgan fingerprint density at radius 2 is 1.88 bits per heavy atom. The summed E-state index contributed by atoms with van der Waals surface area (Å²) >= 11 is 0. The Hall–Kier alpha value is -3.31. The van der Waals surface area contributed by atoms with Crippen molar-refractivity contribution in [1.82, 2.24) is 0 Å². The summed E-state index contributed by atoms with van der Waals surface area (Å²) in [7, 11) is 0. The first-order valence-corrected chi connectivity index (χ1v) is 8.24. The highest BCUT2D eigenvalue weighted by Gasteiger charge is 2.14. The molecule has 0 saturated heterocycles. The summed E-state index contributed by atoms with van der Waals surface area (Å²) in [5.74, 6) is 1.08. The molecule has 26 heavy (non-hydrogen) atoms. The van der Waals surface area contributed by atoms with Crippen molar-refractivity contribution in [3.63, 3.8) is 0 Å². The Morgan fingerprint density at radius 3 is 2.65 bits per heavy atom. The molecule has 4 aromatic rings. The van der Waals surface area contributed by atoms with E-state index >= 15 is 0 Å². The molecular weight excluding hydrogens is 330 g/mol. The van der Waals surface area contributed by atoms with E-state index in [1.807, 2.05) is 49.4 Å². The van der Waals surface area contributed by atoms with Gasteiger partial charge < -0.3 is 19.3 Å². The van der Waals surface area contributed by atoms with Crippen LogP contribution in [0.5, 0.6) is 0 Å². The number of amides is 1. The van der Waals surface area contributed by atoms with Crippen LogP contribution in [-0.2, 0) is 6.61 Å². The first kappa shape index (κ1) is 16.2. The number of carbonyl (C=O) groups is 1. The Morgan fingerprint density at radius 1 is 1.04 bits per heavy atom. The minimum atomic E-state index is -0.308. The van der Waals surface area contributed by atoms with Gasteiger partial charge in [-0.05, 0) is 42.8 Å². The van der Waals surface area contributed by atoms with Crippen molar-refractivity contribution in [3.8, 4) is 11.3 Å². The lowest BCUT2D eigenvalue weighted by Crippen LogP contribution is -2.11. The SMILES string of the molecule is Cc1ccc(-c2ccc(CO)o2)cc1NC(=O)c1cc2ccccc2o1. The lowest BCUT2D eigenvalue weighted by molar-refractivity contribution is 0.0998. The molecule has 0 spiro atoms. The van der Waals surface area contributed by atoms with Gasteiger partial charge in [-0.15, -0.1) is 0 Å². The number of hydrogen-bond acceptors (Lipinski definition) is 4. The van der Waals surface area contributed by atoms with Crippen molar-refractivity contribution in [2.75, 3.05) is 5.32 Å². The molecule has 0 saturated carbocycles. The summed E-state index contributed by atoms with van der Waals surface area (Å²) in [6.07, 6.45) is 0. The lowest BCUT2D eigenvalue weighted by atomic mass is 10.1. The van der Waals surface area contributed by atoms with Crippen LogP contribution < -0.4 is 5.32 Å². The number of aryl methyl sites for hydroxylation is 1. The summed E-state index contributed by atoms with van der Waals surface area (Å²) in [5.41, 5.74) is 3.09. The van der Waals surface area contributed by atoms with E-state index in [4.69, 9.17) is 13.9 Å². The maximum absolute atomic E-state index is 12.6. The van der Waals surface area contributed by atoms with Gasteiger partial charge in [-0.2, -0.15) is 0 Å². The van der Waals surface area contributed by atoms with Gasteiger partial charge in [-0.25, -0.2) is 0 Å². The van der Waals surface area contributed by atoms with E-state index in [9.17, 15) is 4.79 Å². The maximum atomic E-state index is 12.6. The molecule has 5 nitrogen and oxygen atoms in total. The third kappa shape index (κ3) is 3.00. The van der Waals surface area contributed by atoms with E-state index in [2.05, 4.69) is 5.32 Å². The number of anilines is 1. The minimum absolute atomic E-state index is 0.151. The molecule has 2 N–H and O–H groups in total. The Labute approximate surface area is 149 Å². The van der Waals surface area contributed by atoms with Gasteiger partial charge in [-0.1, -0.05) is 30.3 Å². The third-order valence-corrected chi connectivity index (χ3v) is 4.24. The van der Waals surface area contributed by atoms with E-state index in [1.54, 1.807) is 18.2 Å². The summed E-state index contributed by atoms with van der Waals surface area (Å²) in [6.45, 7) is 1.76. The zero-order valence-corrected chi connectivity index (χ0v) is 14.2. The average molecular weight is 347 g/mol. The molecule has 0 aliphatic carbocycles. The predicted octanol–water partition coefficient (Wildman–Crippen LogP) is 4.75. The predicted molar refractivity (Wildman–Crippen MR) is 99.0 cm³/mol. The van der Waals surface area contributed by atoms with Gasteiger partial charge in [0.2, 0.25) is 0 Å². The second-order valence-corrected chi connectivity index (χ2v) is 6.06. The first-order valence-electron chi connectivity index (χ1n) is 8.24. The van der Waals surface area contributed by atoms with Crippen molar-refractivity contribution in [1.29, 1.82) is 0 Å². The Kier molecular flexibility index (Phi) is 4.07. The fourth-order valence-electron chi connectivity index (χ4n) is 2.81. The number of aliphatic hydroxyl groups is 1. The number of aliphatic hydroxyl groups excluding tert-OH is 1. The van der Waals surface area contributed by atoms with E-state index in [0.717, 1.165) is 16.5 Å². The van der Waals surface area contributed by atoms with E-state index < -0.39 is 0 Å². The molecule has 130 valence electrons. The topological polar surface area (TPSA) is 75.6 Å². The van der Waals surface area contributed by atoms with Gasteiger partial charge in [0.05, 0.1) is 0 Å². The highest BCUT2D eigenvalue weighted by atomic mass is 16.4. The highest BCUT2D eigenvalue weighted by molar-refractivity contribution is 6.05. The molecule has 2 aromatic heterocycles. The van der Waals surface area contributed by atoms with Gasteiger partial charge in [0.1, 0.15) is 23.7 Å². The lowest BCUT2D eigenvalue weighted by Gasteiger charge is -2.09. The van der Waals surface area contributed by atoms with E-state index in [1.165, 1.54) is 0 Å². The fraction of sp³-hybridized carbons (Fsp3) is 0.0952. The number of carbonyl (C=O) groups excluding carboxylic acids is 1. The minimum Gasteiger partial charge on any atom is -0.459 e. The normalized spacial score (nSPS) is 11.0. The molecule has 2 aromatic carbocycles. The third-order valence-electron chi connectivity index (χ3n) is 4.24. The molecule has 2 heterocycles. The number of benzene rings is 2. The van der Waals surface area contributed by atoms with Crippen molar-refractivity contribution >= 4 is 22.6 Å². The zero-order valence-electron chi connectivity index (χ0n) is 14.2. The smallest absolute Gasteiger partial charge is 0.291 e. The second-order valence-electron chi connectivity index (χ2n) is 6.06. The van der Waals surface area contributed by atoms with Crippen LogP contribution in [0.4, 0.5) is 5.69 Å². The molecule has 0 atom stereocenters. The van der Waals surface area contributed by atoms with Gasteiger partial charge in [0.25, 0.3) is 5.91 Å².